The molecule has 1 amide bonds. The third-order valence-corrected chi connectivity index (χ3v) is 7.32. The molecule has 4 unspecified atom stereocenters. The zero-order valence-corrected chi connectivity index (χ0v) is 23.8. The number of aliphatic hydroxyl groups is 4. The van der Waals surface area contributed by atoms with Crippen molar-refractivity contribution in [3.05, 3.63) is 0 Å². The summed E-state index contributed by atoms with van der Waals surface area (Å²) in [4.78, 5) is 12.3. The molecule has 0 aromatic heterocycles. The first-order valence-electron chi connectivity index (χ1n) is 15.4. The molecule has 0 aliphatic heterocycles. The average Bonchev–Trinajstić information content (AvgIpc) is 2.88. The van der Waals surface area contributed by atoms with Gasteiger partial charge in [0.05, 0.1) is 18.8 Å². The number of unbranched alkanes of at least 4 members (excludes halogenated alkanes) is 18. The van der Waals surface area contributed by atoms with Crippen LogP contribution < -0.4 is 5.32 Å². The Hall–Kier alpha value is -0.690. The number of rotatable bonds is 27. The maximum Gasteiger partial charge on any atom is 0.249 e. The van der Waals surface area contributed by atoms with E-state index in [9.17, 15) is 25.2 Å². The molecule has 6 heteroatoms. The second-order valence-corrected chi connectivity index (χ2v) is 10.8. The van der Waals surface area contributed by atoms with Crippen molar-refractivity contribution in [1.29, 1.82) is 0 Å². The van der Waals surface area contributed by atoms with E-state index in [1.54, 1.807) is 0 Å². The quantitative estimate of drug-likeness (QED) is 0.0841. The Morgan fingerprint density at radius 1 is 0.583 bits per heavy atom. The minimum Gasteiger partial charge on any atom is -0.394 e. The van der Waals surface area contributed by atoms with Crippen molar-refractivity contribution in [3.8, 4) is 0 Å². The fraction of sp³-hybridized carbons (Fsp3) is 0.967. The minimum absolute atomic E-state index is 0.373. The highest BCUT2D eigenvalue weighted by Crippen LogP contribution is 2.15. The Labute approximate surface area is 222 Å². The predicted octanol–water partition coefficient (Wildman–Crippen LogP) is 6.17. The van der Waals surface area contributed by atoms with Crippen molar-refractivity contribution in [2.24, 2.45) is 0 Å². The maximum atomic E-state index is 12.3. The lowest BCUT2D eigenvalue weighted by Gasteiger charge is -2.27. The van der Waals surface area contributed by atoms with Crippen molar-refractivity contribution in [3.63, 3.8) is 0 Å². The molecule has 0 aliphatic carbocycles. The van der Waals surface area contributed by atoms with Crippen LogP contribution in [-0.4, -0.2) is 57.3 Å². The SMILES string of the molecule is CCCCCCCCCCCCCC(O)C(=O)NC(CO)C(O)C(O)CCCCCCCCCCC. The lowest BCUT2D eigenvalue weighted by molar-refractivity contribution is -0.132. The van der Waals surface area contributed by atoms with Crippen LogP contribution in [0.5, 0.6) is 0 Å². The van der Waals surface area contributed by atoms with Crippen LogP contribution in [-0.2, 0) is 4.79 Å². The molecule has 6 nitrogen and oxygen atoms in total. The fourth-order valence-electron chi connectivity index (χ4n) is 4.75. The first-order chi connectivity index (χ1) is 17.5. The number of nitrogens with one attached hydrogen (secondary N) is 1. The zero-order valence-electron chi connectivity index (χ0n) is 23.8. The summed E-state index contributed by atoms with van der Waals surface area (Å²) in [6, 6.07) is -0.974. The molecule has 0 saturated heterocycles. The van der Waals surface area contributed by atoms with E-state index in [0.717, 1.165) is 38.5 Å². The number of aliphatic hydroxyl groups excluding tert-OH is 4. The summed E-state index contributed by atoms with van der Waals surface area (Å²) in [6.07, 6.45) is 21.2. The van der Waals surface area contributed by atoms with Gasteiger partial charge in [0.2, 0.25) is 5.91 Å². The van der Waals surface area contributed by atoms with E-state index in [1.807, 2.05) is 0 Å². The van der Waals surface area contributed by atoms with Gasteiger partial charge in [0.1, 0.15) is 12.2 Å². The number of hydrogen-bond acceptors (Lipinski definition) is 5. The maximum absolute atomic E-state index is 12.3. The van der Waals surface area contributed by atoms with Gasteiger partial charge >= 0.3 is 0 Å². The monoisotopic (exact) mass is 515 g/mol. The van der Waals surface area contributed by atoms with Crippen LogP contribution in [0.15, 0.2) is 0 Å². The average molecular weight is 516 g/mol. The molecule has 0 aromatic carbocycles. The normalized spacial score (nSPS) is 14.9. The van der Waals surface area contributed by atoms with Crippen LogP contribution >= 0.6 is 0 Å². The first kappa shape index (κ1) is 35.3. The number of carbonyl (C=O) groups excluding carboxylic acids is 1. The van der Waals surface area contributed by atoms with Crippen molar-refractivity contribution >= 4 is 5.91 Å². The van der Waals surface area contributed by atoms with E-state index in [0.29, 0.717) is 12.8 Å². The van der Waals surface area contributed by atoms with Crippen LogP contribution in [0.25, 0.3) is 0 Å². The molecule has 0 heterocycles. The van der Waals surface area contributed by atoms with Crippen molar-refractivity contribution in [2.75, 3.05) is 6.61 Å². The number of hydrogen-bond donors (Lipinski definition) is 5. The van der Waals surface area contributed by atoms with Gasteiger partial charge in [-0.15, -0.1) is 0 Å². The molecule has 36 heavy (non-hydrogen) atoms. The van der Waals surface area contributed by atoms with Gasteiger partial charge in [-0.25, -0.2) is 0 Å². The molecule has 0 aliphatic rings. The van der Waals surface area contributed by atoms with Gasteiger partial charge in [0.15, 0.2) is 0 Å². The van der Waals surface area contributed by atoms with E-state index < -0.39 is 36.9 Å². The summed E-state index contributed by atoms with van der Waals surface area (Å²) < 4.78 is 0. The topological polar surface area (TPSA) is 110 Å². The van der Waals surface area contributed by atoms with Gasteiger partial charge < -0.3 is 25.7 Å². The molecule has 0 saturated carbocycles. The van der Waals surface area contributed by atoms with Gasteiger partial charge in [-0.2, -0.15) is 0 Å². The largest absolute Gasteiger partial charge is 0.394 e. The summed E-state index contributed by atoms with van der Waals surface area (Å²) in [5.41, 5.74) is 0. The highest BCUT2D eigenvalue weighted by Gasteiger charge is 2.28. The molecule has 0 rings (SSSR count). The summed E-state index contributed by atoms with van der Waals surface area (Å²) in [5, 5.41) is 43.0. The Kier molecular flexibility index (Phi) is 25.4. The number of amides is 1. The lowest BCUT2D eigenvalue weighted by Crippen LogP contribution is -2.53. The van der Waals surface area contributed by atoms with E-state index >= 15 is 0 Å². The van der Waals surface area contributed by atoms with Gasteiger partial charge in [-0.3, -0.25) is 4.79 Å². The van der Waals surface area contributed by atoms with Crippen LogP contribution in [0.4, 0.5) is 0 Å². The van der Waals surface area contributed by atoms with Gasteiger partial charge in [0, 0.05) is 0 Å². The molecule has 4 atom stereocenters. The molecule has 0 radical (unpaired) electrons. The molecular formula is C30H61NO5. The molecule has 5 N–H and O–H groups in total. The van der Waals surface area contributed by atoms with E-state index in [2.05, 4.69) is 19.2 Å². The summed E-state index contributed by atoms with van der Waals surface area (Å²) in [6.45, 7) is 3.97. The second kappa shape index (κ2) is 25.9. The van der Waals surface area contributed by atoms with Crippen LogP contribution in [0.2, 0.25) is 0 Å². The Morgan fingerprint density at radius 3 is 1.33 bits per heavy atom. The molecule has 216 valence electrons. The van der Waals surface area contributed by atoms with Gasteiger partial charge in [-0.1, -0.05) is 142 Å². The lowest BCUT2D eigenvalue weighted by atomic mass is 9.99. The fourth-order valence-corrected chi connectivity index (χ4v) is 4.75. The Bertz CT molecular complexity index is 476. The third kappa shape index (κ3) is 20.4. The summed E-state index contributed by atoms with van der Waals surface area (Å²) in [7, 11) is 0. The molecule has 0 spiro atoms. The second-order valence-electron chi connectivity index (χ2n) is 10.8. The van der Waals surface area contributed by atoms with E-state index in [-0.39, 0.29) is 0 Å². The van der Waals surface area contributed by atoms with E-state index in [1.165, 1.54) is 89.9 Å². The molecule has 0 bridgehead atoms. The third-order valence-electron chi connectivity index (χ3n) is 7.32. The summed E-state index contributed by atoms with van der Waals surface area (Å²) in [5.74, 6) is -0.588. The number of carbonyl (C=O) groups is 1. The van der Waals surface area contributed by atoms with Crippen LogP contribution in [0, 0.1) is 0 Å². The van der Waals surface area contributed by atoms with Crippen LogP contribution in [0.3, 0.4) is 0 Å². The van der Waals surface area contributed by atoms with Crippen LogP contribution in [0.1, 0.15) is 155 Å². The zero-order chi connectivity index (χ0) is 26.9. The highest BCUT2D eigenvalue weighted by atomic mass is 16.3. The highest BCUT2D eigenvalue weighted by molar-refractivity contribution is 5.80. The molecule has 0 aromatic rings. The minimum atomic E-state index is -1.25. The first-order valence-corrected chi connectivity index (χ1v) is 15.4. The van der Waals surface area contributed by atoms with Gasteiger partial charge in [0.25, 0.3) is 0 Å². The van der Waals surface area contributed by atoms with Crippen molar-refractivity contribution in [1.82, 2.24) is 5.32 Å². The summed E-state index contributed by atoms with van der Waals surface area (Å²) >= 11 is 0. The predicted molar refractivity (Wildman–Crippen MR) is 150 cm³/mol. The van der Waals surface area contributed by atoms with Crippen molar-refractivity contribution in [2.45, 2.75) is 179 Å². The molecular weight excluding hydrogens is 454 g/mol. The Morgan fingerprint density at radius 2 is 0.944 bits per heavy atom. The standard InChI is InChI=1S/C30H61NO5/c1-3-5-7-9-11-13-14-16-18-20-22-24-28(34)30(36)31-26(25-32)29(35)27(33)23-21-19-17-15-12-10-8-6-4-2/h26-29,32-35H,3-25H2,1-2H3,(H,31,36). The molecule has 0 fully saturated rings. The smallest absolute Gasteiger partial charge is 0.249 e. The van der Waals surface area contributed by atoms with E-state index in [4.69, 9.17) is 0 Å². The van der Waals surface area contributed by atoms with Crippen molar-refractivity contribution < 1.29 is 25.2 Å². The Balaban J connectivity index is 3.90. The van der Waals surface area contributed by atoms with Gasteiger partial charge in [-0.05, 0) is 12.8 Å².